The van der Waals surface area contributed by atoms with Gasteiger partial charge >= 0.3 is 0 Å². The molecule has 10 heteroatoms. The summed E-state index contributed by atoms with van der Waals surface area (Å²) in [5, 5.41) is 8.33. The SMILES string of the molecule is COc1ccc(CCNC(=O)c2cc(-c3ccccc3)nc3c2c(C)nn3C2CCS(=O)(=O)C2)cc1OC. The summed E-state index contributed by atoms with van der Waals surface area (Å²) in [6, 6.07) is 16.8. The quantitative estimate of drug-likeness (QED) is 0.366. The topological polar surface area (TPSA) is 112 Å². The molecular formula is C28H30N4O5S. The van der Waals surface area contributed by atoms with E-state index in [1.54, 1.807) is 25.0 Å². The van der Waals surface area contributed by atoms with Gasteiger partial charge in [0.25, 0.3) is 5.91 Å². The highest BCUT2D eigenvalue weighted by Crippen LogP contribution is 2.32. The summed E-state index contributed by atoms with van der Waals surface area (Å²) in [5.74, 6) is 1.19. The molecule has 1 fully saturated rings. The van der Waals surface area contributed by atoms with Crippen LogP contribution in [-0.4, -0.2) is 61.4 Å². The summed E-state index contributed by atoms with van der Waals surface area (Å²) in [5.41, 5.74) is 4.12. The Labute approximate surface area is 221 Å². The lowest BCUT2D eigenvalue weighted by Gasteiger charge is -2.13. The summed E-state index contributed by atoms with van der Waals surface area (Å²) in [4.78, 5) is 18.4. The third-order valence-corrected chi connectivity index (χ3v) is 8.60. The van der Waals surface area contributed by atoms with Crippen LogP contribution < -0.4 is 14.8 Å². The fourth-order valence-corrected chi connectivity index (χ4v) is 6.62. The monoisotopic (exact) mass is 534 g/mol. The molecule has 9 nitrogen and oxygen atoms in total. The van der Waals surface area contributed by atoms with Crippen LogP contribution in [0.15, 0.2) is 54.6 Å². The molecule has 38 heavy (non-hydrogen) atoms. The summed E-state index contributed by atoms with van der Waals surface area (Å²) in [7, 11) is 0.0548. The molecule has 3 heterocycles. The molecule has 1 unspecified atom stereocenters. The number of nitrogens with one attached hydrogen (secondary N) is 1. The van der Waals surface area contributed by atoms with Crippen molar-refractivity contribution in [2.24, 2.45) is 0 Å². The van der Waals surface area contributed by atoms with Gasteiger partial charge in [-0.3, -0.25) is 4.79 Å². The van der Waals surface area contributed by atoms with Crippen LogP contribution in [0.4, 0.5) is 0 Å². The van der Waals surface area contributed by atoms with E-state index >= 15 is 0 Å². The lowest BCUT2D eigenvalue weighted by atomic mass is 10.0. The highest BCUT2D eigenvalue weighted by molar-refractivity contribution is 7.91. The Balaban J connectivity index is 1.48. The minimum atomic E-state index is -3.12. The number of benzene rings is 2. The van der Waals surface area contributed by atoms with Crippen molar-refractivity contribution in [3.8, 4) is 22.8 Å². The zero-order valence-corrected chi connectivity index (χ0v) is 22.4. The lowest BCUT2D eigenvalue weighted by molar-refractivity contribution is 0.0955. The molecule has 1 aliphatic heterocycles. The molecule has 0 spiro atoms. The Bertz CT molecular complexity index is 1600. The normalized spacial score (nSPS) is 16.4. The van der Waals surface area contributed by atoms with Crippen LogP contribution in [0.1, 0.15) is 34.1 Å². The molecular weight excluding hydrogens is 504 g/mol. The molecule has 1 aliphatic rings. The van der Waals surface area contributed by atoms with Gasteiger partial charge < -0.3 is 14.8 Å². The highest BCUT2D eigenvalue weighted by atomic mass is 32.2. The number of pyridine rings is 1. The van der Waals surface area contributed by atoms with Gasteiger partial charge in [-0.15, -0.1) is 0 Å². The second kappa shape index (κ2) is 10.4. The fourth-order valence-electron chi connectivity index (χ4n) is 4.92. The first kappa shape index (κ1) is 25.7. The number of hydrogen-bond acceptors (Lipinski definition) is 7. The second-order valence-corrected chi connectivity index (χ2v) is 11.6. The molecule has 0 saturated carbocycles. The van der Waals surface area contributed by atoms with Gasteiger partial charge in [-0.05, 0) is 43.5 Å². The zero-order chi connectivity index (χ0) is 26.9. The van der Waals surface area contributed by atoms with Crippen molar-refractivity contribution < 1.29 is 22.7 Å². The number of carbonyl (C=O) groups excluding carboxylic acids is 1. The van der Waals surface area contributed by atoms with E-state index in [1.807, 2.05) is 55.5 Å². The average molecular weight is 535 g/mol. The molecule has 0 aliphatic carbocycles. The van der Waals surface area contributed by atoms with E-state index in [2.05, 4.69) is 10.4 Å². The van der Waals surface area contributed by atoms with Crippen LogP contribution in [0.3, 0.4) is 0 Å². The van der Waals surface area contributed by atoms with Crippen LogP contribution >= 0.6 is 0 Å². The minimum Gasteiger partial charge on any atom is -0.493 e. The number of hydrogen-bond donors (Lipinski definition) is 1. The maximum Gasteiger partial charge on any atom is 0.252 e. The number of aryl methyl sites for hydroxylation is 1. The van der Waals surface area contributed by atoms with Crippen molar-refractivity contribution in [2.45, 2.75) is 25.8 Å². The molecule has 1 amide bonds. The first-order valence-electron chi connectivity index (χ1n) is 12.4. The maximum absolute atomic E-state index is 13.5. The molecule has 2 aromatic carbocycles. The van der Waals surface area contributed by atoms with Crippen LogP contribution in [-0.2, 0) is 16.3 Å². The number of methoxy groups -OCH3 is 2. The van der Waals surface area contributed by atoms with Gasteiger partial charge in [-0.25, -0.2) is 18.1 Å². The molecule has 1 N–H and O–H groups in total. The first-order chi connectivity index (χ1) is 18.3. The smallest absolute Gasteiger partial charge is 0.252 e. The lowest BCUT2D eigenvalue weighted by Crippen LogP contribution is -2.26. The Morgan fingerprint density at radius 3 is 2.53 bits per heavy atom. The first-order valence-corrected chi connectivity index (χ1v) is 14.3. The predicted octanol–water partition coefficient (Wildman–Crippen LogP) is 3.76. The van der Waals surface area contributed by atoms with Crippen molar-refractivity contribution in [3.63, 3.8) is 0 Å². The van der Waals surface area contributed by atoms with Gasteiger partial charge in [0.2, 0.25) is 0 Å². The Morgan fingerprint density at radius 2 is 1.84 bits per heavy atom. The van der Waals surface area contributed by atoms with Crippen molar-refractivity contribution >= 4 is 26.8 Å². The van der Waals surface area contributed by atoms with E-state index in [-0.39, 0.29) is 23.5 Å². The van der Waals surface area contributed by atoms with E-state index in [9.17, 15) is 13.2 Å². The molecule has 198 valence electrons. The number of fused-ring (bicyclic) bond motifs is 1. The van der Waals surface area contributed by atoms with Crippen molar-refractivity contribution in [3.05, 3.63) is 71.4 Å². The van der Waals surface area contributed by atoms with E-state index in [0.717, 1.165) is 11.1 Å². The summed E-state index contributed by atoms with van der Waals surface area (Å²) >= 11 is 0. The molecule has 0 radical (unpaired) electrons. The Kier molecular flexibility index (Phi) is 7.07. The Morgan fingerprint density at radius 1 is 1.08 bits per heavy atom. The zero-order valence-electron chi connectivity index (χ0n) is 21.6. The second-order valence-electron chi connectivity index (χ2n) is 9.40. The Hall–Kier alpha value is -3.92. The van der Waals surface area contributed by atoms with Crippen molar-refractivity contribution in [2.75, 3.05) is 32.3 Å². The number of sulfone groups is 1. The summed E-state index contributed by atoms with van der Waals surface area (Å²) < 4.78 is 36.8. The van der Waals surface area contributed by atoms with Gasteiger partial charge in [0, 0.05) is 12.1 Å². The molecule has 1 saturated heterocycles. The van der Waals surface area contributed by atoms with Gasteiger partial charge in [-0.2, -0.15) is 5.10 Å². The van der Waals surface area contributed by atoms with E-state index in [0.29, 0.717) is 58.9 Å². The average Bonchev–Trinajstić information content (AvgIpc) is 3.46. The van der Waals surface area contributed by atoms with Crippen LogP contribution in [0, 0.1) is 6.92 Å². The minimum absolute atomic E-state index is 0.0211. The highest BCUT2D eigenvalue weighted by Gasteiger charge is 2.32. The molecule has 5 rings (SSSR count). The maximum atomic E-state index is 13.5. The number of carbonyl (C=O) groups is 1. The number of amides is 1. The number of nitrogens with zero attached hydrogens (tertiary/aromatic N) is 3. The van der Waals surface area contributed by atoms with Gasteiger partial charge in [-0.1, -0.05) is 36.4 Å². The molecule has 4 aromatic rings. The number of rotatable bonds is 8. The third kappa shape index (κ3) is 5.08. The molecule has 1 atom stereocenters. The van der Waals surface area contributed by atoms with Crippen molar-refractivity contribution in [1.82, 2.24) is 20.1 Å². The fraction of sp³-hybridized carbons (Fsp3) is 0.321. The molecule has 0 bridgehead atoms. The largest absolute Gasteiger partial charge is 0.493 e. The van der Waals surface area contributed by atoms with Gasteiger partial charge in [0.15, 0.2) is 27.0 Å². The standard InChI is InChI=1S/C28H30N4O5S/c1-18-26-22(28(33)29-13-11-19-9-10-24(36-2)25(15-19)37-3)16-23(20-7-5-4-6-8-20)30-27(26)32(31-18)21-12-14-38(34,35)17-21/h4-10,15-16,21H,11-14,17H2,1-3H3,(H,29,33). The summed E-state index contributed by atoms with van der Waals surface area (Å²) in [6.45, 7) is 2.24. The summed E-state index contributed by atoms with van der Waals surface area (Å²) in [6.07, 6.45) is 1.08. The van der Waals surface area contributed by atoms with E-state index in [4.69, 9.17) is 14.5 Å². The number of aromatic nitrogens is 3. The third-order valence-electron chi connectivity index (χ3n) is 6.85. The van der Waals surface area contributed by atoms with Crippen LogP contribution in [0.2, 0.25) is 0 Å². The van der Waals surface area contributed by atoms with Crippen molar-refractivity contribution in [1.29, 1.82) is 0 Å². The van der Waals surface area contributed by atoms with Crippen LogP contribution in [0.5, 0.6) is 11.5 Å². The van der Waals surface area contributed by atoms with Crippen LogP contribution in [0.25, 0.3) is 22.3 Å². The van der Waals surface area contributed by atoms with E-state index < -0.39 is 9.84 Å². The van der Waals surface area contributed by atoms with E-state index in [1.165, 1.54) is 0 Å². The van der Waals surface area contributed by atoms with Gasteiger partial charge in [0.05, 0.1) is 54.1 Å². The van der Waals surface area contributed by atoms with Gasteiger partial charge in [0.1, 0.15) is 0 Å². The number of ether oxygens (including phenoxy) is 2. The molecule has 2 aromatic heterocycles. The predicted molar refractivity (Wildman–Crippen MR) is 146 cm³/mol.